The molecule has 26 heavy (non-hydrogen) atoms. The van der Waals surface area contributed by atoms with E-state index in [1.54, 1.807) is 0 Å². The van der Waals surface area contributed by atoms with Gasteiger partial charge in [0.25, 0.3) is 0 Å². The molecule has 1 saturated heterocycles. The molecule has 0 aromatic carbocycles. The van der Waals surface area contributed by atoms with Gasteiger partial charge in [-0.2, -0.15) is 0 Å². The van der Waals surface area contributed by atoms with Gasteiger partial charge in [-0.25, -0.2) is 4.98 Å². The number of nitrogens with one attached hydrogen (secondary N) is 1. The Bertz CT molecular complexity index is 622. The third kappa shape index (κ3) is 4.58. The number of nitrogens with zero attached hydrogens (tertiary/aromatic N) is 3. The number of hydrogen-bond donors (Lipinski definition) is 1. The number of aromatic amines is 1. The van der Waals surface area contributed by atoms with E-state index in [2.05, 4.69) is 15.2 Å². The van der Waals surface area contributed by atoms with Crippen molar-refractivity contribution in [3.63, 3.8) is 0 Å². The maximum absolute atomic E-state index is 12.7. The lowest BCUT2D eigenvalue weighted by molar-refractivity contribution is -0.151. The molecule has 8 heteroatoms. The largest absolute Gasteiger partial charge is 0.466 e. The monoisotopic (exact) mass is 380 g/mol. The summed E-state index contributed by atoms with van der Waals surface area (Å²) in [6, 6.07) is 0. The first-order chi connectivity index (χ1) is 12.6. The summed E-state index contributed by atoms with van der Waals surface area (Å²) < 4.78 is 5.08. The summed E-state index contributed by atoms with van der Waals surface area (Å²) in [6.45, 7) is 5.33. The lowest BCUT2D eigenvalue weighted by atomic mass is 9.97. The Morgan fingerprint density at radius 2 is 1.96 bits per heavy atom. The molecule has 0 unspecified atom stereocenters. The van der Waals surface area contributed by atoms with Gasteiger partial charge >= 0.3 is 5.97 Å². The van der Waals surface area contributed by atoms with E-state index in [-0.39, 0.29) is 23.0 Å². The van der Waals surface area contributed by atoms with Crippen molar-refractivity contribution < 1.29 is 14.3 Å². The first-order valence-corrected chi connectivity index (χ1v) is 10.5. The van der Waals surface area contributed by atoms with Crippen LogP contribution in [0.3, 0.4) is 0 Å². The number of hydrogen-bond acceptors (Lipinski definition) is 6. The van der Waals surface area contributed by atoms with E-state index in [0.29, 0.717) is 43.6 Å². The highest BCUT2D eigenvalue weighted by Gasteiger charge is 2.31. The molecule has 1 saturated carbocycles. The van der Waals surface area contributed by atoms with Crippen molar-refractivity contribution in [1.29, 1.82) is 0 Å². The molecule has 1 aromatic heterocycles. The van der Waals surface area contributed by atoms with Crippen molar-refractivity contribution >= 4 is 23.6 Å². The number of piperidine rings is 1. The molecule has 7 nitrogen and oxygen atoms in total. The molecular formula is C18H28N4O3S. The van der Waals surface area contributed by atoms with Gasteiger partial charge in [-0.05, 0) is 39.5 Å². The summed E-state index contributed by atoms with van der Waals surface area (Å²) in [5.41, 5.74) is 0. The Balaban J connectivity index is 1.48. The minimum absolute atomic E-state index is 0.0797. The molecule has 1 amide bonds. The third-order valence-corrected chi connectivity index (χ3v) is 6.23. The fourth-order valence-electron chi connectivity index (χ4n) is 3.75. The number of rotatable bonds is 6. The fourth-order valence-corrected chi connectivity index (χ4v) is 4.57. The van der Waals surface area contributed by atoms with Crippen LogP contribution in [0.4, 0.5) is 0 Å². The minimum atomic E-state index is -0.235. The van der Waals surface area contributed by atoms with Crippen LogP contribution < -0.4 is 0 Å². The highest BCUT2D eigenvalue weighted by molar-refractivity contribution is 8.00. The summed E-state index contributed by atoms with van der Waals surface area (Å²) in [7, 11) is 0. The first-order valence-electron chi connectivity index (χ1n) is 9.62. The molecule has 1 N–H and O–H groups in total. The lowest BCUT2D eigenvalue weighted by Gasteiger charge is -2.32. The lowest BCUT2D eigenvalue weighted by Crippen LogP contribution is -2.43. The van der Waals surface area contributed by atoms with Gasteiger partial charge in [0.05, 0.1) is 17.8 Å². The summed E-state index contributed by atoms with van der Waals surface area (Å²) in [4.78, 5) is 30.9. The van der Waals surface area contributed by atoms with E-state index < -0.39 is 0 Å². The van der Waals surface area contributed by atoms with Crippen molar-refractivity contribution in [3.8, 4) is 0 Å². The van der Waals surface area contributed by atoms with E-state index in [4.69, 9.17) is 4.74 Å². The van der Waals surface area contributed by atoms with Crippen LogP contribution in [0.15, 0.2) is 5.16 Å². The van der Waals surface area contributed by atoms with Crippen LogP contribution in [0, 0.1) is 5.92 Å². The normalized spacial score (nSPS) is 20.3. The number of likely N-dealkylation sites (tertiary alicyclic amines) is 1. The van der Waals surface area contributed by atoms with Crippen molar-refractivity contribution in [2.45, 2.75) is 68.7 Å². The van der Waals surface area contributed by atoms with Crippen LogP contribution in [0.1, 0.15) is 64.1 Å². The van der Waals surface area contributed by atoms with Gasteiger partial charge in [-0.1, -0.05) is 24.6 Å². The van der Waals surface area contributed by atoms with Crippen LogP contribution in [0.2, 0.25) is 0 Å². The van der Waals surface area contributed by atoms with Crippen LogP contribution >= 0.6 is 11.8 Å². The Kier molecular flexibility index (Phi) is 6.56. The van der Waals surface area contributed by atoms with Gasteiger partial charge in [-0.15, -0.1) is 5.10 Å². The van der Waals surface area contributed by atoms with E-state index in [9.17, 15) is 9.59 Å². The van der Waals surface area contributed by atoms with Gasteiger partial charge in [0, 0.05) is 19.0 Å². The molecule has 2 heterocycles. The number of thioether (sulfide) groups is 1. The van der Waals surface area contributed by atoms with Crippen LogP contribution in [0.5, 0.6) is 0 Å². The molecule has 2 fully saturated rings. The second-order valence-corrected chi connectivity index (χ2v) is 8.40. The molecule has 1 atom stereocenters. The van der Waals surface area contributed by atoms with E-state index in [0.717, 1.165) is 5.82 Å². The number of carbonyl (C=O) groups is 2. The Morgan fingerprint density at radius 1 is 1.27 bits per heavy atom. The number of ether oxygens (including phenoxy) is 1. The smallest absolute Gasteiger partial charge is 0.309 e. The minimum Gasteiger partial charge on any atom is -0.466 e. The average Bonchev–Trinajstić information content (AvgIpc) is 3.33. The first kappa shape index (κ1) is 19.2. The standard InChI is InChI=1S/C18H28N4O3S/c1-3-25-17(24)14-8-10-22(11-9-14)16(23)12(2)26-18-19-15(20-21-18)13-6-4-5-7-13/h12-14H,3-11H2,1-2H3,(H,19,20,21)/t12-/m0/s1. The van der Waals surface area contributed by atoms with Crippen LogP contribution in [-0.2, 0) is 14.3 Å². The predicted octanol–water partition coefficient (Wildman–Crippen LogP) is 2.74. The summed E-state index contributed by atoms with van der Waals surface area (Å²) in [5, 5.41) is 7.73. The number of H-pyrrole nitrogens is 1. The van der Waals surface area contributed by atoms with Gasteiger partial charge in [0.1, 0.15) is 5.82 Å². The van der Waals surface area contributed by atoms with Gasteiger partial charge in [-0.3, -0.25) is 14.7 Å². The Morgan fingerprint density at radius 3 is 2.62 bits per heavy atom. The van der Waals surface area contributed by atoms with Gasteiger partial charge in [0.2, 0.25) is 11.1 Å². The average molecular weight is 381 g/mol. The van der Waals surface area contributed by atoms with Crippen molar-refractivity contribution in [2.75, 3.05) is 19.7 Å². The highest BCUT2D eigenvalue weighted by atomic mass is 32.2. The molecule has 1 aromatic rings. The number of aromatic nitrogens is 3. The zero-order valence-electron chi connectivity index (χ0n) is 15.6. The van der Waals surface area contributed by atoms with Crippen LogP contribution in [-0.4, -0.2) is 56.9 Å². The highest BCUT2D eigenvalue weighted by Crippen LogP contribution is 2.33. The predicted molar refractivity (Wildman–Crippen MR) is 98.8 cm³/mol. The molecule has 144 valence electrons. The molecule has 3 rings (SSSR count). The summed E-state index contributed by atoms with van der Waals surface area (Å²) in [6.07, 6.45) is 6.20. The van der Waals surface area contributed by atoms with E-state index in [1.165, 1.54) is 37.4 Å². The number of amides is 1. The molecule has 1 aliphatic carbocycles. The van der Waals surface area contributed by atoms with Crippen molar-refractivity contribution in [1.82, 2.24) is 20.1 Å². The number of esters is 1. The summed E-state index contributed by atoms with van der Waals surface area (Å²) in [5.74, 6) is 1.32. The zero-order chi connectivity index (χ0) is 18.5. The topological polar surface area (TPSA) is 88.2 Å². The second-order valence-electron chi connectivity index (χ2n) is 7.10. The second kappa shape index (κ2) is 8.88. The Hall–Kier alpha value is -1.57. The van der Waals surface area contributed by atoms with Crippen molar-refractivity contribution in [2.24, 2.45) is 5.92 Å². The fraction of sp³-hybridized carbons (Fsp3) is 0.778. The maximum Gasteiger partial charge on any atom is 0.309 e. The molecule has 0 radical (unpaired) electrons. The Labute approximate surface area is 158 Å². The molecule has 0 spiro atoms. The molecule has 0 bridgehead atoms. The van der Waals surface area contributed by atoms with Crippen molar-refractivity contribution in [3.05, 3.63) is 5.82 Å². The molecule has 1 aliphatic heterocycles. The van der Waals surface area contributed by atoms with E-state index in [1.807, 2.05) is 18.7 Å². The van der Waals surface area contributed by atoms with Crippen LogP contribution in [0.25, 0.3) is 0 Å². The summed E-state index contributed by atoms with van der Waals surface area (Å²) >= 11 is 1.40. The van der Waals surface area contributed by atoms with Gasteiger partial charge in [0.15, 0.2) is 0 Å². The maximum atomic E-state index is 12.7. The van der Waals surface area contributed by atoms with E-state index >= 15 is 0 Å². The zero-order valence-corrected chi connectivity index (χ0v) is 16.4. The number of carbonyl (C=O) groups excluding carboxylic acids is 2. The SMILES string of the molecule is CCOC(=O)C1CCN(C(=O)[C@H](C)Sc2n[nH]c(C3CCCC3)n2)CC1. The third-order valence-electron chi connectivity index (χ3n) is 5.28. The van der Waals surface area contributed by atoms with Gasteiger partial charge < -0.3 is 9.64 Å². The quantitative estimate of drug-likeness (QED) is 0.603. The molecular weight excluding hydrogens is 352 g/mol. The molecule has 2 aliphatic rings.